The normalized spacial score (nSPS) is 25.0. The molecule has 2 fully saturated rings. The molecule has 1 aliphatic heterocycles. The van der Waals surface area contributed by atoms with E-state index in [1.165, 1.54) is 0 Å². The molecule has 3 rings (SSSR count). The van der Waals surface area contributed by atoms with Crippen molar-refractivity contribution < 1.29 is 8.42 Å². The van der Waals surface area contributed by atoms with E-state index in [9.17, 15) is 8.42 Å². The van der Waals surface area contributed by atoms with Gasteiger partial charge in [-0.2, -0.15) is 4.31 Å². The van der Waals surface area contributed by atoms with Gasteiger partial charge in [-0.1, -0.05) is 6.42 Å². The molecule has 0 amide bonds. The van der Waals surface area contributed by atoms with Gasteiger partial charge in [0.25, 0.3) is 0 Å². The summed E-state index contributed by atoms with van der Waals surface area (Å²) in [7, 11) is -3.37. The Kier molecular flexibility index (Phi) is 3.64. The molecule has 1 unspecified atom stereocenters. The summed E-state index contributed by atoms with van der Waals surface area (Å²) >= 11 is 0. The van der Waals surface area contributed by atoms with Crippen molar-refractivity contribution in [2.45, 2.75) is 62.6 Å². The van der Waals surface area contributed by atoms with Crippen molar-refractivity contribution in [3.63, 3.8) is 0 Å². The Morgan fingerprint density at radius 1 is 1.30 bits per heavy atom. The van der Waals surface area contributed by atoms with Gasteiger partial charge in [-0.25, -0.2) is 8.42 Å². The molecule has 2 N–H and O–H groups in total. The van der Waals surface area contributed by atoms with E-state index >= 15 is 0 Å². The molecule has 1 saturated carbocycles. The predicted octanol–water partition coefficient (Wildman–Crippen LogP) is 1.84. The second-order valence-corrected chi connectivity index (χ2v) is 7.86. The van der Waals surface area contributed by atoms with Crippen LogP contribution in [0.15, 0.2) is 17.2 Å². The van der Waals surface area contributed by atoms with Crippen LogP contribution in [0.4, 0.5) is 0 Å². The Labute approximate surface area is 120 Å². The summed E-state index contributed by atoms with van der Waals surface area (Å²) in [6, 6.07) is 2.31. The molecule has 0 aromatic carbocycles. The lowest BCUT2D eigenvalue weighted by Gasteiger charge is -2.31. The first-order chi connectivity index (χ1) is 9.54. The third kappa shape index (κ3) is 2.40. The average molecular weight is 297 g/mol. The monoisotopic (exact) mass is 297 g/mol. The molecular formula is C14H23N3O2S. The van der Waals surface area contributed by atoms with Gasteiger partial charge in [-0.3, -0.25) is 0 Å². The zero-order valence-electron chi connectivity index (χ0n) is 12.0. The van der Waals surface area contributed by atoms with E-state index in [1.807, 2.05) is 6.92 Å². The fourth-order valence-corrected chi connectivity index (χ4v) is 4.81. The van der Waals surface area contributed by atoms with Gasteiger partial charge < -0.3 is 10.3 Å². The van der Waals surface area contributed by atoms with Gasteiger partial charge in [0.15, 0.2) is 0 Å². The molecular weight excluding hydrogens is 274 g/mol. The van der Waals surface area contributed by atoms with Gasteiger partial charge in [0.1, 0.15) is 4.90 Å². The van der Waals surface area contributed by atoms with Crippen LogP contribution in [0.2, 0.25) is 0 Å². The fraction of sp³-hybridized carbons (Fsp3) is 0.714. The van der Waals surface area contributed by atoms with E-state index in [0.29, 0.717) is 24.0 Å². The second-order valence-electron chi connectivity index (χ2n) is 5.97. The summed E-state index contributed by atoms with van der Waals surface area (Å²) in [6.07, 6.45) is 7.06. The smallest absolute Gasteiger partial charge is 0.244 e. The molecule has 2 heterocycles. The minimum atomic E-state index is -3.37. The number of rotatable bonds is 4. The molecule has 20 heavy (non-hydrogen) atoms. The number of aromatic nitrogens is 1. The minimum Gasteiger partial charge on any atom is -0.346 e. The Morgan fingerprint density at radius 3 is 2.65 bits per heavy atom. The molecule has 2 aliphatic rings. The van der Waals surface area contributed by atoms with Crippen LogP contribution in [0.5, 0.6) is 0 Å². The molecule has 1 aromatic heterocycles. The summed E-state index contributed by atoms with van der Waals surface area (Å²) in [6.45, 7) is 3.02. The molecule has 1 aliphatic carbocycles. The average Bonchev–Trinajstić information content (AvgIpc) is 3.17. The van der Waals surface area contributed by atoms with Crippen LogP contribution in [-0.2, 0) is 16.6 Å². The molecule has 6 heteroatoms. The third-order valence-corrected chi connectivity index (χ3v) is 6.38. The van der Waals surface area contributed by atoms with Gasteiger partial charge in [0, 0.05) is 37.1 Å². The van der Waals surface area contributed by atoms with Crippen molar-refractivity contribution in [1.29, 1.82) is 0 Å². The molecule has 0 spiro atoms. The standard InChI is InChI=1S/C14H23N3O2S/c1-11-4-2-3-7-17(11)20(18,19)14-8-13(9-15)16(10-14)12-5-6-12/h8,10-12H,2-7,9,15H2,1H3. The lowest BCUT2D eigenvalue weighted by Crippen LogP contribution is -2.41. The minimum absolute atomic E-state index is 0.0966. The Hall–Kier alpha value is -0.850. The number of sulfonamides is 1. The number of nitrogens with zero attached hydrogens (tertiary/aromatic N) is 2. The van der Waals surface area contributed by atoms with Crippen LogP contribution in [0.3, 0.4) is 0 Å². The van der Waals surface area contributed by atoms with E-state index in [1.54, 1.807) is 16.6 Å². The fourth-order valence-electron chi connectivity index (χ4n) is 3.06. The van der Waals surface area contributed by atoms with Crippen LogP contribution >= 0.6 is 0 Å². The first-order valence-corrected chi connectivity index (χ1v) is 8.90. The lowest BCUT2D eigenvalue weighted by atomic mass is 10.1. The zero-order chi connectivity index (χ0) is 14.3. The molecule has 1 atom stereocenters. The summed E-state index contributed by atoms with van der Waals surface area (Å²) in [4.78, 5) is 0.415. The number of hydrogen-bond acceptors (Lipinski definition) is 3. The molecule has 0 bridgehead atoms. The summed E-state index contributed by atoms with van der Waals surface area (Å²) in [5, 5.41) is 0. The van der Waals surface area contributed by atoms with Crippen molar-refractivity contribution in [3.8, 4) is 0 Å². The summed E-state index contributed by atoms with van der Waals surface area (Å²) < 4.78 is 29.3. The maximum atomic E-state index is 12.8. The highest BCUT2D eigenvalue weighted by atomic mass is 32.2. The SMILES string of the molecule is CC1CCCCN1S(=O)(=O)c1cc(CN)n(C2CC2)c1. The summed E-state index contributed by atoms with van der Waals surface area (Å²) in [5.74, 6) is 0. The Bertz CT molecular complexity index is 590. The van der Waals surface area contributed by atoms with Gasteiger partial charge in [0.2, 0.25) is 10.0 Å². The maximum absolute atomic E-state index is 12.8. The first-order valence-electron chi connectivity index (χ1n) is 7.46. The van der Waals surface area contributed by atoms with Crippen molar-refractivity contribution >= 4 is 10.0 Å². The van der Waals surface area contributed by atoms with Crippen molar-refractivity contribution in [2.24, 2.45) is 5.73 Å². The topological polar surface area (TPSA) is 68.3 Å². The lowest BCUT2D eigenvalue weighted by molar-refractivity contribution is 0.268. The zero-order valence-corrected chi connectivity index (χ0v) is 12.8. The van der Waals surface area contributed by atoms with E-state index in [0.717, 1.165) is 37.8 Å². The van der Waals surface area contributed by atoms with Crippen LogP contribution in [0.25, 0.3) is 0 Å². The highest BCUT2D eigenvalue weighted by Gasteiger charge is 2.33. The largest absolute Gasteiger partial charge is 0.346 e. The highest BCUT2D eigenvalue weighted by Crippen LogP contribution is 2.38. The van der Waals surface area contributed by atoms with Crippen LogP contribution < -0.4 is 5.73 Å². The molecule has 112 valence electrons. The van der Waals surface area contributed by atoms with Crippen molar-refractivity contribution in [1.82, 2.24) is 8.87 Å². The predicted molar refractivity (Wildman–Crippen MR) is 77.8 cm³/mol. The van der Waals surface area contributed by atoms with E-state index in [4.69, 9.17) is 5.73 Å². The Morgan fingerprint density at radius 2 is 2.05 bits per heavy atom. The first kappa shape index (κ1) is 14.1. The van der Waals surface area contributed by atoms with Crippen molar-refractivity contribution in [2.75, 3.05) is 6.54 Å². The van der Waals surface area contributed by atoms with Gasteiger partial charge in [0.05, 0.1) is 0 Å². The van der Waals surface area contributed by atoms with Crippen LogP contribution in [0.1, 0.15) is 50.8 Å². The Balaban J connectivity index is 1.94. The van der Waals surface area contributed by atoms with Crippen LogP contribution in [-0.4, -0.2) is 29.9 Å². The number of hydrogen-bond donors (Lipinski definition) is 1. The molecule has 1 saturated heterocycles. The molecule has 0 radical (unpaired) electrons. The highest BCUT2D eigenvalue weighted by molar-refractivity contribution is 7.89. The van der Waals surface area contributed by atoms with Gasteiger partial charge >= 0.3 is 0 Å². The van der Waals surface area contributed by atoms with E-state index in [-0.39, 0.29) is 6.04 Å². The quantitative estimate of drug-likeness (QED) is 0.922. The summed E-state index contributed by atoms with van der Waals surface area (Å²) in [5.41, 5.74) is 6.68. The van der Waals surface area contributed by atoms with Crippen molar-refractivity contribution in [3.05, 3.63) is 18.0 Å². The maximum Gasteiger partial charge on any atom is 0.244 e. The number of nitrogens with two attached hydrogens (primary N) is 1. The van der Waals surface area contributed by atoms with Crippen LogP contribution in [0, 0.1) is 0 Å². The second kappa shape index (κ2) is 5.16. The van der Waals surface area contributed by atoms with Gasteiger partial charge in [-0.15, -0.1) is 0 Å². The molecule has 1 aromatic rings. The van der Waals surface area contributed by atoms with Gasteiger partial charge in [-0.05, 0) is 38.7 Å². The van der Waals surface area contributed by atoms with E-state index < -0.39 is 10.0 Å². The third-order valence-electron chi connectivity index (χ3n) is 4.40. The number of piperidine rings is 1. The molecule has 5 nitrogen and oxygen atoms in total. The van der Waals surface area contributed by atoms with E-state index in [2.05, 4.69) is 4.57 Å².